The minimum atomic E-state index is -3.44. The van der Waals surface area contributed by atoms with Crippen LogP contribution < -0.4 is 4.72 Å². The first kappa shape index (κ1) is 16.5. The number of aliphatic hydroxyl groups excluding tert-OH is 1. The van der Waals surface area contributed by atoms with Crippen LogP contribution in [0.2, 0.25) is 0 Å². The van der Waals surface area contributed by atoms with Gasteiger partial charge in [-0.05, 0) is 48.8 Å². The largest absolute Gasteiger partial charge is 0.396 e. The topological polar surface area (TPSA) is 66.4 Å². The van der Waals surface area contributed by atoms with E-state index in [1.165, 1.54) is 0 Å². The SMILES string of the molecule is CCCc1ccc(S(=O)(=O)NCC2CCCC2CO)cc1. The molecule has 0 aliphatic heterocycles. The lowest BCUT2D eigenvalue weighted by atomic mass is 9.97. The van der Waals surface area contributed by atoms with Crippen LogP contribution in [0.4, 0.5) is 0 Å². The minimum Gasteiger partial charge on any atom is -0.396 e. The van der Waals surface area contributed by atoms with Crippen LogP contribution in [-0.4, -0.2) is 26.7 Å². The number of aliphatic hydroxyl groups is 1. The molecule has 2 N–H and O–H groups in total. The third-order valence-corrected chi connectivity index (χ3v) is 5.80. The summed E-state index contributed by atoms with van der Waals surface area (Å²) in [5.41, 5.74) is 1.16. The third-order valence-electron chi connectivity index (χ3n) is 4.36. The molecule has 2 unspecified atom stereocenters. The van der Waals surface area contributed by atoms with Gasteiger partial charge in [-0.1, -0.05) is 31.9 Å². The molecule has 21 heavy (non-hydrogen) atoms. The number of aryl methyl sites for hydroxylation is 1. The normalized spacial score (nSPS) is 22.6. The highest BCUT2D eigenvalue weighted by molar-refractivity contribution is 7.89. The molecular formula is C16H25NO3S. The second-order valence-electron chi connectivity index (χ2n) is 5.88. The Balaban J connectivity index is 1.97. The van der Waals surface area contributed by atoms with Gasteiger partial charge in [0.1, 0.15) is 0 Å². The van der Waals surface area contributed by atoms with Crippen molar-refractivity contribution in [3.05, 3.63) is 29.8 Å². The average Bonchev–Trinajstić information content (AvgIpc) is 2.94. The number of rotatable bonds is 7. The Kier molecular flexibility index (Phi) is 5.79. The molecule has 118 valence electrons. The van der Waals surface area contributed by atoms with Gasteiger partial charge in [-0.2, -0.15) is 0 Å². The van der Waals surface area contributed by atoms with Gasteiger partial charge >= 0.3 is 0 Å². The Bertz CT molecular complexity index is 539. The smallest absolute Gasteiger partial charge is 0.240 e. The van der Waals surface area contributed by atoms with Crippen molar-refractivity contribution in [2.45, 2.75) is 43.9 Å². The first-order valence-corrected chi connectivity index (χ1v) is 9.24. The zero-order valence-electron chi connectivity index (χ0n) is 12.6. The molecule has 0 bridgehead atoms. The molecule has 0 spiro atoms. The van der Waals surface area contributed by atoms with E-state index in [4.69, 9.17) is 0 Å². The molecule has 1 aromatic rings. The molecule has 1 aliphatic rings. The number of sulfonamides is 1. The second-order valence-corrected chi connectivity index (χ2v) is 7.65. The van der Waals surface area contributed by atoms with E-state index in [1.807, 2.05) is 12.1 Å². The molecule has 0 heterocycles. The number of hydrogen-bond donors (Lipinski definition) is 2. The van der Waals surface area contributed by atoms with Crippen LogP contribution in [0.3, 0.4) is 0 Å². The van der Waals surface area contributed by atoms with Gasteiger partial charge < -0.3 is 5.11 Å². The highest BCUT2D eigenvalue weighted by Gasteiger charge is 2.27. The molecule has 0 saturated heterocycles. The fraction of sp³-hybridized carbons (Fsp3) is 0.625. The summed E-state index contributed by atoms with van der Waals surface area (Å²) in [6.45, 7) is 2.67. The van der Waals surface area contributed by atoms with Gasteiger partial charge in [0.2, 0.25) is 10.0 Å². The molecule has 1 saturated carbocycles. The predicted octanol–water partition coefficient (Wildman–Crippen LogP) is 2.33. The van der Waals surface area contributed by atoms with Gasteiger partial charge in [0.25, 0.3) is 0 Å². The molecule has 1 fully saturated rings. The Morgan fingerprint density at radius 3 is 2.48 bits per heavy atom. The number of hydrogen-bond acceptors (Lipinski definition) is 3. The summed E-state index contributed by atoms with van der Waals surface area (Å²) >= 11 is 0. The van der Waals surface area contributed by atoms with E-state index >= 15 is 0 Å². The van der Waals surface area contributed by atoms with E-state index in [0.29, 0.717) is 11.4 Å². The lowest BCUT2D eigenvalue weighted by Gasteiger charge is -2.17. The third kappa shape index (κ3) is 4.28. The monoisotopic (exact) mass is 311 g/mol. The molecule has 0 radical (unpaired) electrons. The van der Waals surface area contributed by atoms with E-state index in [2.05, 4.69) is 11.6 Å². The van der Waals surface area contributed by atoms with Crippen molar-refractivity contribution < 1.29 is 13.5 Å². The lowest BCUT2D eigenvalue weighted by molar-refractivity contribution is 0.195. The fourth-order valence-electron chi connectivity index (χ4n) is 3.05. The second kappa shape index (κ2) is 7.38. The highest BCUT2D eigenvalue weighted by atomic mass is 32.2. The Morgan fingerprint density at radius 1 is 1.19 bits per heavy atom. The van der Waals surface area contributed by atoms with Crippen molar-refractivity contribution >= 4 is 10.0 Å². The van der Waals surface area contributed by atoms with Gasteiger partial charge in [-0.3, -0.25) is 0 Å². The Labute approximate surface area is 127 Å². The van der Waals surface area contributed by atoms with E-state index in [0.717, 1.165) is 37.7 Å². The Morgan fingerprint density at radius 2 is 1.86 bits per heavy atom. The van der Waals surface area contributed by atoms with Gasteiger partial charge in [0.05, 0.1) is 4.90 Å². The summed E-state index contributed by atoms with van der Waals surface area (Å²) in [7, 11) is -3.44. The van der Waals surface area contributed by atoms with E-state index in [-0.39, 0.29) is 18.4 Å². The summed E-state index contributed by atoms with van der Waals surface area (Å²) in [4.78, 5) is 0.320. The number of nitrogens with one attached hydrogen (secondary N) is 1. The van der Waals surface area contributed by atoms with Gasteiger partial charge in [0.15, 0.2) is 0 Å². The van der Waals surface area contributed by atoms with Crippen molar-refractivity contribution in [2.24, 2.45) is 11.8 Å². The van der Waals surface area contributed by atoms with Crippen molar-refractivity contribution in [3.8, 4) is 0 Å². The molecule has 0 amide bonds. The van der Waals surface area contributed by atoms with Crippen LogP contribution in [0, 0.1) is 11.8 Å². The highest BCUT2D eigenvalue weighted by Crippen LogP contribution is 2.30. The molecule has 1 aromatic carbocycles. The zero-order valence-corrected chi connectivity index (χ0v) is 13.4. The van der Waals surface area contributed by atoms with Gasteiger partial charge in [-0.15, -0.1) is 0 Å². The van der Waals surface area contributed by atoms with E-state index in [9.17, 15) is 13.5 Å². The van der Waals surface area contributed by atoms with E-state index in [1.54, 1.807) is 12.1 Å². The van der Waals surface area contributed by atoms with Crippen LogP contribution in [0.5, 0.6) is 0 Å². The molecule has 5 heteroatoms. The molecule has 4 nitrogen and oxygen atoms in total. The molecular weight excluding hydrogens is 286 g/mol. The van der Waals surface area contributed by atoms with Crippen molar-refractivity contribution in [1.82, 2.24) is 4.72 Å². The first-order valence-electron chi connectivity index (χ1n) is 7.76. The maximum absolute atomic E-state index is 12.3. The van der Waals surface area contributed by atoms with Crippen LogP contribution >= 0.6 is 0 Å². The van der Waals surface area contributed by atoms with E-state index < -0.39 is 10.0 Å². The van der Waals surface area contributed by atoms with Crippen LogP contribution in [0.15, 0.2) is 29.2 Å². The van der Waals surface area contributed by atoms with Crippen molar-refractivity contribution in [1.29, 1.82) is 0 Å². The molecule has 1 aliphatic carbocycles. The fourth-order valence-corrected chi connectivity index (χ4v) is 4.14. The zero-order chi connectivity index (χ0) is 15.3. The van der Waals surface area contributed by atoms with Crippen LogP contribution in [0.25, 0.3) is 0 Å². The summed E-state index contributed by atoms with van der Waals surface area (Å²) in [5, 5.41) is 9.29. The molecule has 0 aromatic heterocycles. The summed E-state index contributed by atoms with van der Waals surface area (Å²) in [6, 6.07) is 7.10. The summed E-state index contributed by atoms with van der Waals surface area (Å²) < 4.78 is 27.3. The van der Waals surface area contributed by atoms with Gasteiger partial charge in [0, 0.05) is 13.2 Å². The van der Waals surface area contributed by atoms with Crippen LogP contribution in [-0.2, 0) is 16.4 Å². The average molecular weight is 311 g/mol. The van der Waals surface area contributed by atoms with Crippen molar-refractivity contribution in [3.63, 3.8) is 0 Å². The first-order chi connectivity index (χ1) is 10.1. The maximum atomic E-state index is 12.3. The van der Waals surface area contributed by atoms with Crippen molar-refractivity contribution in [2.75, 3.05) is 13.2 Å². The van der Waals surface area contributed by atoms with Crippen LogP contribution in [0.1, 0.15) is 38.2 Å². The summed E-state index contributed by atoms with van der Waals surface area (Å²) in [5.74, 6) is 0.490. The minimum absolute atomic E-state index is 0.151. The summed E-state index contributed by atoms with van der Waals surface area (Å²) in [6.07, 6.45) is 5.07. The maximum Gasteiger partial charge on any atom is 0.240 e. The predicted molar refractivity (Wildman–Crippen MR) is 83.5 cm³/mol. The lowest BCUT2D eigenvalue weighted by Crippen LogP contribution is -2.31. The standard InChI is InChI=1S/C16H25NO3S/c1-2-4-13-7-9-16(10-8-13)21(19,20)17-11-14-5-3-6-15(14)12-18/h7-10,14-15,17-18H,2-6,11-12H2,1H3. The Hall–Kier alpha value is -0.910. The number of benzene rings is 1. The molecule has 2 atom stereocenters. The quantitative estimate of drug-likeness (QED) is 0.812. The molecule has 2 rings (SSSR count). The van der Waals surface area contributed by atoms with Gasteiger partial charge in [-0.25, -0.2) is 13.1 Å².